The van der Waals surface area contributed by atoms with Crippen LogP contribution in [0.15, 0.2) is 78.9 Å². The summed E-state index contributed by atoms with van der Waals surface area (Å²) in [4.78, 5) is 16.7. The maximum Gasteiger partial charge on any atom is 0.250 e. The Bertz CT molecular complexity index is 1030. The summed E-state index contributed by atoms with van der Waals surface area (Å²) in [6.07, 6.45) is 0.712. The molecule has 1 amide bonds. The topological polar surface area (TPSA) is 81.8 Å². The summed E-state index contributed by atoms with van der Waals surface area (Å²) in [6, 6.07) is 25.5. The molecule has 1 heterocycles. The Morgan fingerprint density at radius 2 is 1.56 bits per heavy atom. The largest absolute Gasteiger partial charge is 0.508 e. The van der Waals surface area contributed by atoms with E-state index in [4.69, 9.17) is 5.73 Å². The van der Waals surface area contributed by atoms with Crippen LogP contribution in [-0.4, -0.2) is 54.7 Å². The molecule has 0 radical (unpaired) electrons. The smallest absolute Gasteiger partial charge is 0.250 e. The number of carbonyl (C=O) groups excluding carboxylic acids is 1. The molecule has 3 aromatic rings. The third-order valence-corrected chi connectivity index (χ3v) is 6.12. The molecule has 1 saturated heterocycles. The molecule has 1 unspecified atom stereocenters. The van der Waals surface area contributed by atoms with E-state index < -0.39 is 5.91 Å². The minimum atomic E-state index is -0.443. The van der Waals surface area contributed by atoms with Gasteiger partial charge in [0, 0.05) is 50.1 Å². The lowest BCUT2D eigenvalue weighted by molar-refractivity contribution is 0.100. The number of carbonyl (C=O) groups is 1. The Balaban J connectivity index is 1.48. The van der Waals surface area contributed by atoms with Crippen molar-refractivity contribution in [2.75, 3.05) is 42.9 Å². The minimum absolute atomic E-state index is 0.155. The molecule has 0 aromatic heterocycles. The lowest BCUT2D eigenvalue weighted by atomic mass is 10.0. The van der Waals surface area contributed by atoms with Crippen molar-refractivity contribution in [2.45, 2.75) is 12.5 Å². The number of rotatable bonds is 8. The number of hydrogen-bond acceptors (Lipinski definition) is 5. The van der Waals surface area contributed by atoms with Crippen LogP contribution in [0.4, 0.5) is 11.4 Å². The summed E-state index contributed by atoms with van der Waals surface area (Å²) in [7, 11) is 0. The van der Waals surface area contributed by atoms with Crippen LogP contribution in [0.1, 0.15) is 15.9 Å². The summed E-state index contributed by atoms with van der Waals surface area (Å²) in [5, 5.41) is 13.8. The quantitative estimate of drug-likeness (QED) is 0.511. The van der Waals surface area contributed by atoms with E-state index in [2.05, 4.69) is 39.4 Å². The van der Waals surface area contributed by atoms with Crippen molar-refractivity contribution in [3.05, 3.63) is 90.0 Å². The van der Waals surface area contributed by atoms with Gasteiger partial charge in [0.2, 0.25) is 0 Å². The van der Waals surface area contributed by atoms with E-state index in [0.717, 1.165) is 37.4 Å². The molecule has 3 aromatic carbocycles. The van der Waals surface area contributed by atoms with Gasteiger partial charge in [-0.2, -0.15) is 0 Å². The van der Waals surface area contributed by atoms with Gasteiger partial charge in [0.1, 0.15) is 5.75 Å². The second kappa shape index (κ2) is 10.2. The summed E-state index contributed by atoms with van der Waals surface area (Å²) >= 11 is 0. The predicted octanol–water partition coefficient (Wildman–Crippen LogP) is 3.34. The zero-order valence-electron chi connectivity index (χ0n) is 18.2. The molecule has 0 bridgehead atoms. The maximum atomic E-state index is 11.8. The minimum Gasteiger partial charge on any atom is -0.508 e. The highest BCUT2D eigenvalue weighted by Crippen LogP contribution is 2.23. The molecule has 6 heteroatoms. The number of phenolic OH excluding ortho intramolecular Hbond substituents is 1. The number of amides is 1. The van der Waals surface area contributed by atoms with Gasteiger partial charge in [-0.15, -0.1) is 0 Å². The van der Waals surface area contributed by atoms with Gasteiger partial charge in [-0.3, -0.25) is 9.69 Å². The van der Waals surface area contributed by atoms with Crippen LogP contribution < -0.4 is 16.0 Å². The third-order valence-electron chi connectivity index (χ3n) is 6.12. The van der Waals surface area contributed by atoms with Gasteiger partial charge < -0.3 is 21.1 Å². The SMILES string of the molecule is NC(=O)c1ccccc1NCC(Cc1ccccc1O)N1CCN(c2ccccc2)CC1. The molecule has 1 atom stereocenters. The van der Waals surface area contributed by atoms with E-state index in [1.165, 1.54) is 5.69 Å². The summed E-state index contributed by atoms with van der Waals surface area (Å²) in [5.41, 5.74) is 8.95. The molecule has 32 heavy (non-hydrogen) atoms. The lowest BCUT2D eigenvalue weighted by Gasteiger charge is -2.40. The van der Waals surface area contributed by atoms with Crippen molar-refractivity contribution >= 4 is 17.3 Å². The molecule has 4 rings (SSSR count). The number of nitrogens with one attached hydrogen (secondary N) is 1. The molecule has 166 valence electrons. The molecule has 6 nitrogen and oxygen atoms in total. The van der Waals surface area contributed by atoms with E-state index >= 15 is 0 Å². The molecule has 1 aliphatic rings. The van der Waals surface area contributed by atoms with E-state index in [9.17, 15) is 9.90 Å². The van der Waals surface area contributed by atoms with Crippen LogP contribution in [0.5, 0.6) is 5.75 Å². The van der Waals surface area contributed by atoms with Gasteiger partial charge in [0.05, 0.1) is 5.56 Å². The van der Waals surface area contributed by atoms with Gasteiger partial charge in [-0.05, 0) is 42.3 Å². The number of nitrogens with zero attached hydrogens (tertiary/aromatic N) is 2. The molecule has 0 saturated carbocycles. The first kappa shape index (κ1) is 21.7. The van der Waals surface area contributed by atoms with Crippen molar-refractivity contribution in [3.8, 4) is 5.75 Å². The second-order valence-electron chi connectivity index (χ2n) is 8.14. The van der Waals surface area contributed by atoms with E-state index in [-0.39, 0.29) is 6.04 Å². The lowest BCUT2D eigenvalue weighted by Crippen LogP contribution is -2.53. The monoisotopic (exact) mass is 430 g/mol. The van der Waals surface area contributed by atoms with Gasteiger partial charge in [0.25, 0.3) is 5.91 Å². The van der Waals surface area contributed by atoms with Gasteiger partial charge in [-0.25, -0.2) is 0 Å². The summed E-state index contributed by atoms with van der Waals surface area (Å²) in [5.74, 6) is -0.125. The summed E-state index contributed by atoms with van der Waals surface area (Å²) < 4.78 is 0. The highest BCUT2D eigenvalue weighted by atomic mass is 16.3. The number of piperazine rings is 1. The van der Waals surface area contributed by atoms with Crippen LogP contribution in [0.3, 0.4) is 0 Å². The number of primary amides is 1. The second-order valence-corrected chi connectivity index (χ2v) is 8.14. The molecule has 1 fully saturated rings. The van der Waals surface area contributed by atoms with Crippen LogP contribution in [-0.2, 0) is 6.42 Å². The van der Waals surface area contributed by atoms with E-state index in [1.54, 1.807) is 12.1 Å². The number of anilines is 2. The van der Waals surface area contributed by atoms with E-state index in [0.29, 0.717) is 24.3 Å². The van der Waals surface area contributed by atoms with Crippen molar-refractivity contribution in [3.63, 3.8) is 0 Å². The van der Waals surface area contributed by atoms with Crippen LogP contribution in [0.25, 0.3) is 0 Å². The van der Waals surface area contributed by atoms with Gasteiger partial charge in [0.15, 0.2) is 0 Å². The average molecular weight is 431 g/mol. The van der Waals surface area contributed by atoms with Crippen LogP contribution in [0, 0.1) is 0 Å². The fraction of sp³-hybridized carbons (Fsp3) is 0.269. The fourth-order valence-electron chi connectivity index (χ4n) is 4.33. The third kappa shape index (κ3) is 5.21. The van der Waals surface area contributed by atoms with Crippen molar-refractivity contribution in [1.29, 1.82) is 0 Å². The number of para-hydroxylation sites is 3. The molecule has 0 spiro atoms. The normalized spacial score (nSPS) is 15.3. The number of nitrogens with two attached hydrogens (primary N) is 1. The van der Waals surface area contributed by atoms with Gasteiger partial charge >= 0.3 is 0 Å². The van der Waals surface area contributed by atoms with Crippen molar-refractivity contribution in [2.24, 2.45) is 5.73 Å². The Morgan fingerprint density at radius 3 is 2.28 bits per heavy atom. The Labute approximate surface area is 189 Å². The number of benzene rings is 3. The molecule has 0 aliphatic carbocycles. The van der Waals surface area contributed by atoms with Gasteiger partial charge in [-0.1, -0.05) is 48.5 Å². The summed E-state index contributed by atoms with van der Waals surface area (Å²) in [6.45, 7) is 4.38. The predicted molar refractivity (Wildman–Crippen MR) is 129 cm³/mol. The Kier molecular flexibility index (Phi) is 6.92. The van der Waals surface area contributed by atoms with Crippen LogP contribution in [0.2, 0.25) is 0 Å². The number of hydrogen-bond donors (Lipinski definition) is 3. The first-order valence-corrected chi connectivity index (χ1v) is 11.1. The standard InChI is InChI=1S/C26H30N4O2/c27-26(32)23-11-5-6-12-24(23)28-19-22(18-20-8-4-7-13-25(20)31)30-16-14-29(15-17-30)21-9-2-1-3-10-21/h1-13,22,28,31H,14-19H2,(H2,27,32). The highest BCUT2D eigenvalue weighted by molar-refractivity contribution is 5.98. The van der Waals surface area contributed by atoms with Crippen molar-refractivity contribution in [1.82, 2.24) is 4.90 Å². The molecule has 4 N–H and O–H groups in total. The molecule has 1 aliphatic heterocycles. The fourth-order valence-corrected chi connectivity index (χ4v) is 4.33. The average Bonchev–Trinajstić information content (AvgIpc) is 2.84. The number of phenols is 1. The first-order valence-electron chi connectivity index (χ1n) is 11.1. The number of aromatic hydroxyl groups is 1. The Morgan fingerprint density at radius 1 is 0.906 bits per heavy atom. The van der Waals surface area contributed by atoms with Crippen molar-refractivity contribution < 1.29 is 9.90 Å². The van der Waals surface area contributed by atoms with E-state index in [1.807, 2.05) is 42.5 Å². The zero-order valence-corrected chi connectivity index (χ0v) is 18.2. The van der Waals surface area contributed by atoms with Crippen LogP contribution >= 0.6 is 0 Å². The molecular formula is C26H30N4O2. The Hall–Kier alpha value is -3.51. The highest BCUT2D eigenvalue weighted by Gasteiger charge is 2.25. The zero-order chi connectivity index (χ0) is 22.3. The first-order chi connectivity index (χ1) is 15.6. The molecular weight excluding hydrogens is 400 g/mol. The maximum absolute atomic E-state index is 11.8.